The van der Waals surface area contributed by atoms with Crippen LogP contribution in [0.15, 0.2) is 11.6 Å². The highest BCUT2D eigenvalue weighted by molar-refractivity contribution is 5.76. The molecule has 3 heteroatoms. The summed E-state index contributed by atoms with van der Waals surface area (Å²) in [5.41, 5.74) is 1.75. The van der Waals surface area contributed by atoms with Crippen LogP contribution in [0, 0.1) is 50.7 Å². The average molecular weight is 443 g/mol. The molecule has 5 aliphatic carbocycles. The van der Waals surface area contributed by atoms with Crippen LogP contribution < -0.4 is 0 Å². The van der Waals surface area contributed by atoms with Crippen molar-refractivity contribution in [2.24, 2.45) is 50.7 Å². The zero-order valence-corrected chi connectivity index (χ0v) is 21.3. The van der Waals surface area contributed by atoms with E-state index in [2.05, 4.69) is 47.6 Å². The lowest BCUT2D eigenvalue weighted by molar-refractivity contribution is -0.188. The molecule has 5 aliphatic rings. The first kappa shape index (κ1) is 22.9. The van der Waals surface area contributed by atoms with Crippen molar-refractivity contribution >= 4 is 5.97 Å². The number of carbonyl (C=O) groups is 1. The van der Waals surface area contributed by atoms with Gasteiger partial charge in [0.25, 0.3) is 0 Å². The number of rotatable bonds is 1. The van der Waals surface area contributed by atoms with Gasteiger partial charge in [0.05, 0.1) is 11.5 Å². The van der Waals surface area contributed by atoms with Crippen molar-refractivity contribution in [3.8, 4) is 0 Å². The Bertz CT molecular complexity index is 839. The van der Waals surface area contributed by atoms with Gasteiger partial charge in [-0.3, -0.25) is 4.79 Å². The zero-order valence-electron chi connectivity index (χ0n) is 21.3. The highest BCUT2D eigenvalue weighted by Gasteiger charge is 2.65. The molecule has 0 aromatic heterocycles. The van der Waals surface area contributed by atoms with Gasteiger partial charge < -0.3 is 10.2 Å². The standard InChI is InChI=1S/C29H46O3/c1-25(2)15-16-29(24(31)32)14-9-19-18(20(29)17-25)7-8-22-27(19,5)12-10-21-26(3,4)23(30)11-13-28(21,22)6/h7,19-23,30H,8-17H2,1-6H3,(H,31,32)/t19?,20?,21-,22?,23?,27?,28?,29?/m0/s1. The summed E-state index contributed by atoms with van der Waals surface area (Å²) in [6.45, 7) is 14.4. The normalized spacial score (nSPS) is 51.3. The minimum Gasteiger partial charge on any atom is -0.481 e. The van der Waals surface area contributed by atoms with Gasteiger partial charge in [-0.25, -0.2) is 0 Å². The Kier molecular flexibility index (Phi) is 4.92. The van der Waals surface area contributed by atoms with Crippen LogP contribution in [0.4, 0.5) is 0 Å². The molecule has 180 valence electrons. The summed E-state index contributed by atoms with van der Waals surface area (Å²) in [5, 5.41) is 21.2. The van der Waals surface area contributed by atoms with Gasteiger partial charge in [0, 0.05) is 0 Å². The lowest BCUT2D eigenvalue weighted by Gasteiger charge is -2.68. The third kappa shape index (κ3) is 2.85. The third-order valence-corrected chi connectivity index (χ3v) is 12.2. The molecule has 2 N–H and O–H groups in total. The second-order valence-electron chi connectivity index (χ2n) is 14.4. The van der Waals surface area contributed by atoms with Crippen LogP contribution in [0.1, 0.15) is 106 Å². The highest BCUT2D eigenvalue weighted by Crippen LogP contribution is 2.72. The second kappa shape index (κ2) is 6.86. The number of aliphatic hydroxyl groups excluding tert-OH is 1. The molecule has 4 saturated carbocycles. The van der Waals surface area contributed by atoms with Gasteiger partial charge in [-0.15, -0.1) is 0 Å². The molecule has 3 nitrogen and oxygen atoms in total. The second-order valence-corrected chi connectivity index (χ2v) is 14.4. The topological polar surface area (TPSA) is 57.5 Å². The molecular formula is C29H46O3. The molecule has 0 amide bonds. The van der Waals surface area contributed by atoms with E-state index in [1.54, 1.807) is 0 Å². The predicted octanol–water partition coefficient (Wildman–Crippen LogP) is 6.84. The summed E-state index contributed by atoms with van der Waals surface area (Å²) in [6, 6.07) is 0. The van der Waals surface area contributed by atoms with E-state index in [9.17, 15) is 15.0 Å². The zero-order chi connectivity index (χ0) is 23.3. The van der Waals surface area contributed by atoms with Crippen LogP contribution in [-0.2, 0) is 4.79 Å². The third-order valence-electron chi connectivity index (χ3n) is 12.2. The van der Waals surface area contributed by atoms with E-state index in [4.69, 9.17) is 0 Å². The van der Waals surface area contributed by atoms with Crippen molar-refractivity contribution < 1.29 is 15.0 Å². The quantitative estimate of drug-likeness (QED) is 0.437. The largest absolute Gasteiger partial charge is 0.481 e. The van der Waals surface area contributed by atoms with E-state index in [0.717, 1.165) is 51.4 Å². The van der Waals surface area contributed by atoms with Crippen molar-refractivity contribution in [2.45, 2.75) is 112 Å². The van der Waals surface area contributed by atoms with E-state index in [1.807, 2.05) is 0 Å². The van der Waals surface area contributed by atoms with Gasteiger partial charge in [-0.05, 0) is 110 Å². The SMILES string of the molecule is CC1(C)CCC2(C(=O)O)CCC3C(=CCC4C3(C)CC[C@H]3C(C)(C)C(O)CCC43C)C2C1. The highest BCUT2D eigenvalue weighted by atomic mass is 16.4. The Balaban J connectivity index is 1.55. The van der Waals surface area contributed by atoms with Gasteiger partial charge in [-0.1, -0.05) is 53.2 Å². The first-order valence-electron chi connectivity index (χ1n) is 13.4. The summed E-state index contributed by atoms with van der Waals surface area (Å²) in [7, 11) is 0. The molecule has 7 unspecified atom stereocenters. The summed E-state index contributed by atoms with van der Waals surface area (Å²) < 4.78 is 0. The predicted molar refractivity (Wildman–Crippen MR) is 128 cm³/mol. The number of aliphatic carboxylic acids is 1. The van der Waals surface area contributed by atoms with Gasteiger partial charge >= 0.3 is 5.97 Å². The van der Waals surface area contributed by atoms with Crippen LogP contribution in [0.25, 0.3) is 0 Å². The summed E-state index contributed by atoms with van der Waals surface area (Å²) in [4.78, 5) is 12.6. The smallest absolute Gasteiger partial charge is 0.310 e. The number of hydrogen-bond acceptors (Lipinski definition) is 2. The van der Waals surface area contributed by atoms with Crippen LogP contribution in [0.3, 0.4) is 0 Å². The number of hydrogen-bond donors (Lipinski definition) is 2. The molecule has 0 spiro atoms. The van der Waals surface area contributed by atoms with Gasteiger partial charge in [-0.2, -0.15) is 0 Å². The molecule has 5 rings (SSSR count). The van der Waals surface area contributed by atoms with Gasteiger partial charge in [0.15, 0.2) is 0 Å². The van der Waals surface area contributed by atoms with E-state index >= 15 is 0 Å². The summed E-state index contributed by atoms with van der Waals surface area (Å²) in [5.74, 6) is 1.43. The number of allylic oxidation sites excluding steroid dienone is 2. The maximum Gasteiger partial charge on any atom is 0.310 e. The summed E-state index contributed by atoms with van der Waals surface area (Å²) >= 11 is 0. The van der Waals surface area contributed by atoms with Crippen molar-refractivity contribution in [1.29, 1.82) is 0 Å². The fourth-order valence-electron chi connectivity index (χ4n) is 10.3. The molecule has 0 bridgehead atoms. The van der Waals surface area contributed by atoms with Crippen LogP contribution in [0.5, 0.6) is 0 Å². The van der Waals surface area contributed by atoms with Crippen molar-refractivity contribution in [3.63, 3.8) is 0 Å². The monoisotopic (exact) mass is 442 g/mol. The first-order chi connectivity index (χ1) is 14.8. The van der Waals surface area contributed by atoms with E-state index in [0.29, 0.717) is 17.8 Å². The summed E-state index contributed by atoms with van der Waals surface area (Å²) in [6.07, 6.45) is 12.8. The number of carboxylic acid groups (broad SMARTS) is 1. The molecule has 0 heterocycles. The molecule has 8 atom stereocenters. The first-order valence-corrected chi connectivity index (χ1v) is 13.4. The lowest BCUT2D eigenvalue weighted by atomic mass is 9.37. The number of carboxylic acids is 1. The Morgan fingerprint density at radius 1 is 0.844 bits per heavy atom. The van der Waals surface area contributed by atoms with Crippen molar-refractivity contribution in [3.05, 3.63) is 11.6 Å². The Labute approximate surface area is 195 Å². The van der Waals surface area contributed by atoms with Gasteiger partial charge in [0.2, 0.25) is 0 Å². The lowest BCUT2D eigenvalue weighted by Crippen LogP contribution is -2.62. The molecule has 0 aromatic carbocycles. The molecule has 0 radical (unpaired) electrons. The minimum atomic E-state index is -0.539. The molecule has 4 fully saturated rings. The maximum absolute atomic E-state index is 12.6. The van der Waals surface area contributed by atoms with Crippen molar-refractivity contribution in [2.75, 3.05) is 0 Å². The molecule has 0 aliphatic heterocycles. The van der Waals surface area contributed by atoms with Crippen LogP contribution >= 0.6 is 0 Å². The molecule has 32 heavy (non-hydrogen) atoms. The van der Waals surface area contributed by atoms with Gasteiger partial charge in [0.1, 0.15) is 0 Å². The molecular weight excluding hydrogens is 396 g/mol. The Morgan fingerprint density at radius 3 is 2.22 bits per heavy atom. The van der Waals surface area contributed by atoms with E-state index < -0.39 is 11.4 Å². The fraction of sp³-hybridized carbons (Fsp3) is 0.897. The Morgan fingerprint density at radius 2 is 1.53 bits per heavy atom. The number of aliphatic hydroxyl groups is 1. The van der Waals surface area contributed by atoms with Crippen LogP contribution in [0.2, 0.25) is 0 Å². The fourth-order valence-corrected chi connectivity index (χ4v) is 10.3. The minimum absolute atomic E-state index is 0.0171. The average Bonchev–Trinajstić information content (AvgIpc) is 2.70. The Hall–Kier alpha value is -0.830. The molecule has 0 aromatic rings. The van der Waals surface area contributed by atoms with E-state index in [1.165, 1.54) is 18.4 Å². The number of fused-ring (bicyclic) bond motifs is 7. The maximum atomic E-state index is 12.6. The van der Waals surface area contributed by atoms with Crippen LogP contribution in [-0.4, -0.2) is 22.3 Å². The van der Waals surface area contributed by atoms with E-state index in [-0.39, 0.29) is 33.7 Å². The molecule has 0 saturated heterocycles. The van der Waals surface area contributed by atoms with Crippen molar-refractivity contribution in [1.82, 2.24) is 0 Å².